The molecule has 0 N–H and O–H groups in total. The van der Waals surface area contributed by atoms with E-state index in [1.54, 1.807) is 0 Å². The quantitative estimate of drug-likeness (QED) is 0.648. The third-order valence-corrected chi connectivity index (χ3v) is 4.29. The van der Waals surface area contributed by atoms with Crippen LogP contribution < -0.4 is 4.90 Å². The first-order chi connectivity index (χ1) is 10.1. The molecule has 21 heavy (non-hydrogen) atoms. The second kappa shape index (κ2) is 3.98. The lowest BCUT2D eigenvalue weighted by Gasteiger charge is -2.30. The van der Waals surface area contributed by atoms with Crippen molar-refractivity contribution in [1.82, 2.24) is 4.57 Å². The molecule has 2 heterocycles. The summed E-state index contributed by atoms with van der Waals surface area (Å²) in [5.41, 5.74) is 2.58. The summed E-state index contributed by atoms with van der Waals surface area (Å²) in [4.78, 5) is 14.8. The summed E-state index contributed by atoms with van der Waals surface area (Å²) in [6.45, 7) is 4.19. The average Bonchev–Trinajstić information content (AvgIpc) is 2.96. The monoisotopic (exact) mass is 276 g/mol. The summed E-state index contributed by atoms with van der Waals surface area (Å²) in [5.74, 6) is 0. The number of hydrogen-bond acceptors (Lipinski definition) is 1. The first kappa shape index (κ1) is 12.2. The summed E-state index contributed by atoms with van der Waals surface area (Å²) in [6.07, 6.45) is 0. The Bertz CT molecular complexity index is 846. The lowest BCUT2D eigenvalue weighted by Crippen LogP contribution is -2.39. The van der Waals surface area contributed by atoms with E-state index in [2.05, 4.69) is 26.0 Å². The largest absolute Gasteiger partial charge is 0.334 e. The summed E-state index contributed by atoms with van der Waals surface area (Å²) >= 11 is 0. The molecule has 3 heteroatoms. The van der Waals surface area contributed by atoms with Gasteiger partial charge in [0.2, 0.25) is 0 Å². The zero-order valence-electron chi connectivity index (χ0n) is 12.1. The molecule has 2 aromatic carbocycles. The topological polar surface area (TPSA) is 25.2 Å². The van der Waals surface area contributed by atoms with E-state index in [4.69, 9.17) is 0 Å². The van der Waals surface area contributed by atoms with Crippen molar-refractivity contribution >= 4 is 22.6 Å². The van der Waals surface area contributed by atoms with E-state index in [1.807, 2.05) is 58.0 Å². The van der Waals surface area contributed by atoms with Crippen molar-refractivity contribution in [3.8, 4) is 0 Å². The van der Waals surface area contributed by atoms with E-state index < -0.39 is 0 Å². The maximum atomic E-state index is 13.0. The van der Waals surface area contributed by atoms with Crippen molar-refractivity contribution in [1.29, 1.82) is 0 Å². The first-order valence-electron chi connectivity index (χ1n) is 7.11. The second-order valence-electron chi connectivity index (χ2n) is 5.94. The first-order valence-corrected chi connectivity index (χ1v) is 7.11. The zero-order chi connectivity index (χ0) is 14.6. The normalized spacial score (nSPS) is 16.5. The van der Waals surface area contributed by atoms with Gasteiger partial charge in [0.1, 0.15) is 0 Å². The van der Waals surface area contributed by atoms with Crippen molar-refractivity contribution in [2.24, 2.45) is 0 Å². The Morgan fingerprint density at radius 2 is 1.57 bits per heavy atom. The smallest absolute Gasteiger partial charge is 0.283 e. The highest BCUT2D eigenvalue weighted by Gasteiger charge is 2.44. The van der Waals surface area contributed by atoms with Gasteiger partial charge < -0.3 is 0 Å². The number of rotatable bonds is 1. The number of hydrogen-bond donors (Lipinski definition) is 0. The summed E-state index contributed by atoms with van der Waals surface area (Å²) in [7, 11) is 0. The van der Waals surface area contributed by atoms with E-state index in [0.29, 0.717) is 0 Å². The van der Waals surface area contributed by atoms with E-state index in [-0.39, 0.29) is 11.6 Å². The Hall–Kier alpha value is -2.55. The molecule has 0 fully saturated rings. The van der Waals surface area contributed by atoms with Gasteiger partial charge in [0.25, 0.3) is 0 Å². The van der Waals surface area contributed by atoms with Crippen LogP contribution in [0.2, 0.25) is 0 Å². The average molecular weight is 276 g/mol. The molecule has 0 aliphatic carbocycles. The third kappa shape index (κ3) is 1.51. The Morgan fingerprint density at radius 3 is 2.33 bits per heavy atom. The number of carbonyl (C=O) groups excluding carboxylic acids is 1. The van der Waals surface area contributed by atoms with Crippen molar-refractivity contribution in [2.75, 3.05) is 4.90 Å². The van der Waals surface area contributed by atoms with Gasteiger partial charge in [-0.05, 0) is 38.1 Å². The molecule has 0 saturated carbocycles. The zero-order valence-corrected chi connectivity index (χ0v) is 12.1. The van der Waals surface area contributed by atoms with Crippen LogP contribution in [-0.2, 0) is 5.54 Å². The highest BCUT2D eigenvalue weighted by Crippen LogP contribution is 2.41. The minimum Gasteiger partial charge on any atom is -0.283 e. The number of amides is 1. The molecule has 4 rings (SSSR count). The van der Waals surface area contributed by atoms with Gasteiger partial charge in [-0.1, -0.05) is 36.4 Å². The van der Waals surface area contributed by atoms with Crippen LogP contribution in [0.4, 0.5) is 10.5 Å². The maximum Gasteiger partial charge on any atom is 0.334 e. The molecule has 3 nitrogen and oxygen atoms in total. The lowest BCUT2D eigenvalue weighted by molar-refractivity contribution is 0.249. The van der Waals surface area contributed by atoms with Gasteiger partial charge in [0.15, 0.2) is 0 Å². The highest BCUT2D eigenvalue weighted by atomic mass is 16.2. The molecule has 1 aromatic heterocycles. The Morgan fingerprint density at radius 1 is 0.905 bits per heavy atom. The predicted molar refractivity (Wildman–Crippen MR) is 84.7 cm³/mol. The highest BCUT2D eigenvalue weighted by molar-refractivity contribution is 6.05. The lowest BCUT2D eigenvalue weighted by atomic mass is 9.99. The predicted octanol–water partition coefficient (Wildman–Crippen LogP) is 4.36. The van der Waals surface area contributed by atoms with Crippen LogP contribution >= 0.6 is 0 Å². The van der Waals surface area contributed by atoms with Crippen molar-refractivity contribution in [2.45, 2.75) is 19.4 Å². The molecule has 0 saturated heterocycles. The number of nitrogens with zero attached hydrogens (tertiary/aromatic N) is 2. The number of benzene rings is 2. The van der Waals surface area contributed by atoms with Crippen LogP contribution in [0.25, 0.3) is 10.9 Å². The van der Waals surface area contributed by atoms with E-state index in [1.165, 1.54) is 0 Å². The van der Waals surface area contributed by atoms with Crippen molar-refractivity contribution in [3.05, 3.63) is 66.4 Å². The van der Waals surface area contributed by atoms with Crippen molar-refractivity contribution in [3.63, 3.8) is 0 Å². The second-order valence-corrected chi connectivity index (χ2v) is 5.94. The minimum atomic E-state index is -0.364. The van der Waals surface area contributed by atoms with E-state index >= 15 is 0 Å². The third-order valence-electron chi connectivity index (χ3n) is 4.29. The number of para-hydroxylation sites is 2. The van der Waals surface area contributed by atoms with Crippen LogP contribution in [0, 0.1) is 0 Å². The molecule has 0 unspecified atom stereocenters. The van der Waals surface area contributed by atoms with Crippen LogP contribution in [0.1, 0.15) is 19.5 Å². The van der Waals surface area contributed by atoms with Gasteiger partial charge in [-0.25, -0.2) is 4.79 Å². The number of carbonyl (C=O) groups is 1. The Balaban J connectivity index is 1.97. The fourth-order valence-corrected chi connectivity index (χ4v) is 3.28. The number of aromatic nitrogens is 1. The maximum absolute atomic E-state index is 13.0. The van der Waals surface area contributed by atoms with Crippen LogP contribution in [0.3, 0.4) is 0 Å². The van der Waals surface area contributed by atoms with Crippen molar-refractivity contribution < 1.29 is 4.79 Å². The number of fused-ring (bicyclic) bond motifs is 3. The standard InChI is InChI=1S/C18H16N2O/c1-18(2)16-12-13-8-6-7-11-15(13)19(16)17(21)20(18)14-9-4-3-5-10-14/h3-12H,1-2H3. The van der Waals surface area contributed by atoms with Gasteiger partial charge in [0, 0.05) is 11.1 Å². The van der Waals surface area contributed by atoms with Crippen LogP contribution in [0.15, 0.2) is 60.7 Å². The summed E-state index contributed by atoms with van der Waals surface area (Å²) in [5, 5.41) is 1.11. The van der Waals surface area contributed by atoms with Crippen LogP contribution in [-0.4, -0.2) is 10.6 Å². The van der Waals surface area contributed by atoms with E-state index in [9.17, 15) is 4.79 Å². The molecule has 0 radical (unpaired) electrons. The fourth-order valence-electron chi connectivity index (χ4n) is 3.28. The van der Waals surface area contributed by atoms with E-state index in [0.717, 1.165) is 22.3 Å². The molecule has 1 aliphatic rings. The SMILES string of the molecule is CC1(C)c2cc3ccccc3n2C(=O)N1c1ccccc1. The molecule has 0 bridgehead atoms. The van der Waals surface area contributed by atoms with Gasteiger partial charge in [0.05, 0.1) is 16.7 Å². The Labute approximate surface area is 123 Å². The molecular weight excluding hydrogens is 260 g/mol. The van der Waals surface area contributed by atoms with Gasteiger partial charge in [-0.3, -0.25) is 9.47 Å². The molecule has 1 amide bonds. The molecular formula is C18H16N2O. The minimum absolute atomic E-state index is 0.0161. The molecule has 104 valence electrons. The molecule has 1 aliphatic heterocycles. The van der Waals surface area contributed by atoms with Gasteiger partial charge in [-0.15, -0.1) is 0 Å². The van der Waals surface area contributed by atoms with Gasteiger partial charge >= 0.3 is 6.03 Å². The van der Waals surface area contributed by atoms with Crippen LogP contribution in [0.5, 0.6) is 0 Å². The molecule has 0 atom stereocenters. The molecule has 0 spiro atoms. The fraction of sp³-hybridized carbons (Fsp3) is 0.167. The summed E-state index contributed by atoms with van der Waals surface area (Å²) in [6, 6.07) is 20.0. The van der Waals surface area contributed by atoms with Gasteiger partial charge in [-0.2, -0.15) is 0 Å². The molecule has 3 aromatic rings. The summed E-state index contributed by atoms with van der Waals surface area (Å²) < 4.78 is 1.84. The Kier molecular flexibility index (Phi) is 2.31. The number of anilines is 1.